The number of pyridine rings is 1. The van der Waals surface area contributed by atoms with Gasteiger partial charge in [0.25, 0.3) is 0 Å². The van der Waals surface area contributed by atoms with Gasteiger partial charge < -0.3 is 5.32 Å². The van der Waals surface area contributed by atoms with E-state index in [0.717, 1.165) is 47.4 Å². The molecule has 1 N–H and O–H groups in total. The van der Waals surface area contributed by atoms with E-state index < -0.39 is 0 Å². The average Bonchev–Trinajstić information content (AvgIpc) is 3.21. The molecule has 0 fully saturated rings. The normalized spacial score (nSPS) is 17.3. The standard InChI is InChI=1S/C28H24FN3/c1-19-26(29)12-13-27(32-19)28-25(9-5-15-31-28)22-11-10-20-7-4-8-21(16-24(20)17-22)23-6-2-3-14-30-18-23/h3,5-8,10-18,31H,2,4,9H2,1H3. The van der Waals surface area contributed by atoms with Crippen LogP contribution in [0.2, 0.25) is 0 Å². The third kappa shape index (κ3) is 4.04. The molecular formula is C28H24FN3. The molecule has 158 valence electrons. The molecule has 2 aromatic rings. The molecule has 0 spiro atoms. The molecule has 5 rings (SSSR count). The van der Waals surface area contributed by atoms with E-state index in [0.29, 0.717) is 5.69 Å². The number of hydrogen-bond acceptors (Lipinski definition) is 3. The van der Waals surface area contributed by atoms with Crippen molar-refractivity contribution in [3.05, 3.63) is 111 Å². The molecule has 0 radical (unpaired) electrons. The second-order valence-corrected chi connectivity index (χ2v) is 8.01. The van der Waals surface area contributed by atoms with E-state index >= 15 is 0 Å². The van der Waals surface area contributed by atoms with Crippen molar-refractivity contribution in [2.45, 2.75) is 26.2 Å². The van der Waals surface area contributed by atoms with Crippen LogP contribution in [-0.2, 0) is 0 Å². The first kappa shape index (κ1) is 20.1. The number of aromatic nitrogens is 1. The Kier molecular flexibility index (Phi) is 5.51. The maximum Gasteiger partial charge on any atom is 0.144 e. The molecule has 0 saturated carbocycles. The number of benzene rings is 1. The molecule has 1 aromatic heterocycles. The number of hydrogen-bond donors (Lipinski definition) is 1. The van der Waals surface area contributed by atoms with Crippen LogP contribution in [-0.4, -0.2) is 11.2 Å². The lowest BCUT2D eigenvalue weighted by molar-refractivity contribution is 0.609. The van der Waals surface area contributed by atoms with Gasteiger partial charge in [-0.1, -0.05) is 42.5 Å². The first-order valence-electron chi connectivity index (χ1n) is 10.9. The summed E-state index contributed by atoms with van der Waals surface area (Å²) in [4.78, 5) is 8.84. The quantitative estimate of drug-likeness (QED) is 0.779. The zero-order chi connectivity index (χ0) is 21.9. The molecule has 0 bridgehead atoms. The lowest BCUT2D eigenvalue weighted by atomic mass is 9.95. The average molecular weight is 422 g/mol. The van der Waals surface area contributed by atoms with Crippen LogP contribution >= 0.6 is 0 Å². The van der Waals surface area contributed by atoms with E-state index in [1.54, 1.807) is 13.0 Å². The molecule has 3 nitrogen and oxygen atoms in total. The highest BCUT2D eigenvalue weighted by Gasteiger charge is 2.15. The van der Waals surface area contributed by atoms with Crippen molar-refractivity contribution in [1.82, 2.24) is 10.3 Å². The zero-order valence-corrected chi connectivity index (χ0v) is 18.0. The summed E-state index contributed by atoms with van der Waals surface area (Å²) < 4.78 is 13.8. The highest BCUT2D eigenvalue weighted by atomic mass is 19.1. The van der Waals surface area contributed by atoms with E-state index in [2.05, 4.69) is 69.9 Å². The molecule has 3 aliphatic rings. The SMILES string of the molecule is Cc1nc(C2=C(c3ccc4c(c3)=CC(C3=CCC=CN=C3)=CCC=4)CC=CN2)ccc1F. The van der Waals surface area contributed by atoms with Crippen LogP contribution in [0.25, 0.3) is 23.4 Å². The Balaban J connectivity index is 1.61. The Hall–Kier alpha value is -3.79. The summed E-state index contributed by atoms with van der Waals surface area (Å²) in [6.07, 6.45) is 21.4. The van der Waals surface area contributed by atoms with Crippen LogP contribution in [0.15, 0.2) is 83.2 Å². The highest BCUT2D eigenvalue weighted by Crippen LogP contribution is 2.29. The van der Waals surface area contributed by atoms with Gasteiger partial charge in [0.1, 0.15) is 5.82 Å². The molecule has 0 amide bonds. The molecule has 2 aliphatic heterocycles. The number of aryl methyl sites for hydroxylation is 1. The van der Waals surface area contributed by atoms with Crippen LogP contribution in [0.3, 0.4) is 0 Å². The molecule has 1 aliphatic carbocycles. The Morgan fingerprint density at radius 2 is 1.84 bits per heavy atom. The fourth-order valence-electron chi connectivity index (χ4n) is 4.18. The number of fused-ring (bicyclic) bond motifs is 1. The van der Waals surface area contributed by atoms with Gasteiger partial charge >= 0.3 is 0 Å². The molecule has 32 heavy (non-hydrogen) atoms. The van der Waals surface area contributed by atoms with Crippen LogP contribution in [0, 0.1) is 12.7 Å². The Labute approximate surface area is 187 Å². The fourth-order valence-corrected chi connectivity index (χ4v) is 4.18. The van der Waals surface area contributed by atoms with Crippen molar-refractivity contribution in [1.29, 1.82) is 0 Å². The van der Waals surface area contributed by atoms with Gasteiger partial charge in [0.05, 0.1) is 17.1 Å². The van der Waals surface area contributed by atoms with Crippen molar-refractivity contribution in [2.75, 3.05) is 0 Å². The van der Waals surface area contributed by atoms with Gasteiger partial charge in [-0.2, -0.15) is 0 Å². The number of rotatable bonds is 3. The number of nitrogens with one attached hydrogen (secondary N) is 1. The minimum Gasteiger partial charge on any atom is -0.360 e. The third-order valence-electron chi connectivity index (χ3n) is 5.88. The Morgan fingerprint density at radius 3 is 2.75 bits per heavy atom. The van der Waals surface area contributed by atoms with Gasteiger partial charge in [-0.15, -0.1) is 0 Å². The highest BCUT2D eigenvalue weighted by molar-refractivity contribution is 5.92. The smallest absolute Gasteiger partial charge is 0.144 e. The maximum atomic E-state index is 13.8. The predicted molar refractivity (Wildman–Crippen MR) is 130 cm³/mol. The van der Waals surface area contributed by atoms with Crippen LogP contribution in [0.1, 0.15) is 36.2 Å². The first-order valence-corrected chi connectivity index (χ1v) is 10.9. The largest absolute Gasteiger partial charge is 0.360 e. The summed E-state index contributed by atoms with van der Waals surface area (Å²) in [6, 6.07) is 9.80. The number of dihydropyridines is 1. The zero-order valence-electron chi connectivity index (χ0n) is 18.0. The van der Waals surface area contributed by atoms with Gasteiger partial charge in [0.15, 0.2) is 0 Å². The van der Waals surface area contributed by atoms with Gasteiger partial charge in [-0.3, -0.25) is 4.99 Å². The summed E-state index contributed by atoms with van der Waals surface area (Å²) >= 11 is 0. The van der Waals surface area contributed by atoms with E-state index in [1.165, 1.54) is 22.1 Å². The molecule has 0 atom stereocenters. The van der Waals surface area contributed by atoms with Crippen LogP contribution in [0.5, 0.6) is 0 Å². The lowest BCUT2D eigenvalue weighted by Gasteiger charge is -2.19. The van der Waals surface area contributed by atoms with E-state index in [9.17, 15) is 4.39 Å². The van der Waals surface area contributed by atoms with Crippen molar-refractivity contribution >= 4 is 29.6 Å². The van der Waals surface area contributed by atoms with Crippen molar-refractivity contribution in [3.63, 3.8) is 0 Å². The predicted octanol–water partition coefficient (Wildman–Crippen LogP) is 4.71. The van der Waals surface area contributed by atoms with Crippen LogP contribution < -0.4 is 15.8 Å². The van der Waals surface area contributed by atoms with E-state index in [-0.39, 0.29) is 5.82 Å². The number of aliphatic imine (C=N–C) groups is 1. The van der Waals surface area contributed by atoms with Crippen molar-refractivity contribution in [3.8, 4) is 0 Å². The number of halogens is 1. The minimum absolute atomic E-state index is 0.289. The summed E-state index contributed by atoms with van der Waals surface area (Å²) in [5, 5.41) is 5.75. The van der Waals surface area contributed by atoms with Crippen LogP contribution in [0.4, 0.5) is 4.39 Å². The first-order chi connectivity index (χ1) is 15.7. The van der Waals surface area contributed by atoms with Gasteiger partial charge in [-0.25, -0.2) is 9.37 Å². The lowest BCUT2D eigenvalue weighted by Crippen LogP contribution is -2.25. The third-order valence-corrected chi connectivity index (χ3v) is 5.88. The maximum absolute atomic E-state index is 13.8. The number of nitrogens with zero attached hydrogens (tertiary/aromatic N) is 2. The molecular weight excluding hydrogens is 397 g/mol. The summed E-state index contributed by atoms with van der Waals surface area (Å²) in [5.74, 6) is -0.289. The molecule has 0 unspecified atom stereocenters. The van der Waals surface area contributed by atoms with Gasteiger partial charge in [-0.05, 0) is 89.4 Å². The molecule has 3 heterocycles. The monoisotopic (exact) mass is 421 g/mol. The van der Waals surface area contributed by atoms with Gasteiger partial charge in [0.2, 0.25) is 0 Å². The topological polar surface area (TPSA) is 37.3 Å². The second kappa shape index (κ2) is 8.75. The van der Waals surface area contributed by atoms with E-state index in [1.807, 2.05) is 18.6 Å². The van der Waals surface area contributed by atoms with Crippen molar-refractivity contribution < 1.29 is 4.39 Å². The summed E-state index contributed by atoms with van der Waals surface area (Å²) in [6.45, 7) is 1.69. The molecule has 1 aromatic carbocycles. The Bertz CT molecular complexity index is 1380. The molecule has 4 heteroatoms. The minimum atomic E-state index is -0.289. The van der Waals surface area contributed by atoms with Crippen molar-refractivity contribution in [2.24, 2.45) is 4.99 Å². The molecule has 0 saturated heterocycles. The van der Waals surface area contributed by atoms with Gasteiger partial charge in [0, 0.05) is 12.4 Å². The fraction of sp³-hybridized carbons (Fsp3) is 0.143. The Morgan fingerprint density at radius 1 is 0.938 bits per heavy atom. The number of allylic oxidation sites excluding steroid dienone is 7. The second-order valence-electron chi connectivity index (χ2n) is 8.01. The van der Waals surface area contributed by atoms with E-state index in [4.69, 9.17) is 0 Å². The summed E-state index contributed by atoms with van der Waals surface area (Å²) in [7, 11) is 0. The summed E-state index contributed by atoms with van der Waals surface area (Å²) in [5.41, 5.74) is 6.70.